The van der Waals surface area contributed by atoms with Gasteiger partial charge in [0.2, 0.25) is 0 Å². The molecule has 1 unspecified atom stereocenters. The molecule has 0 bridgehead atoms. The van der Waals surface area contributed by atoms with E-state index in [-0.39, 0.29) is 0 Å². The quantitative estimate of drug-likeness (QED) is 0.152. The zero-order chi connectivity index (χ0) is 18.4. The van der Waals surface area contributed by atoms with Crippen molar-refractivity contribution < 1.29 is 0 Å². The van der Waals surface area contributed by atoms with Crippen LogP contribution in [-0.2, 0) is 0 Å². The van der Waals surface area contributed by atoms with Crippen molar-refractivity contribution in [2.45, 2.75) is 129 Å². The average molecular weight is 349 g/mol. The van der Waals surface area contributed by atoms with Gasteiger partial charge in [0.25, 0.3) is 0 Å². The van der Waals surface area contributed by atoms with E-state index in [0.29, 0.717) is 0 Å². The maximum absolute atomic E-state index is 3.77. The minimum Gasteiger partial charge on any atom is -0.103 e. The Morgan fingerprint density at radius 3 is 1.52 bits per heavy atom. The van der Waals surface area contributed by atoms with Crippen LogP contribution in [0, 0.1) is 5.92 Å². The Morgan fingerprint density at radius 1 is 0.640 bits per heavy atom. The van der Waals surface area contributed by atoms with E-state index in [1.54, 1.807) is 0 Å². The predicted octanol–water partition coefficient (Wildman–Crippen LogP) is 9.41. The van der Waals surface area contributed by atoms with Crippen LogP contribution in [0.4, 0.5) is 0 Å². The summed E-state index contributed by atoms with van der Waals surface area (Å²) >= 11 is 0. The minimum atomic E-state index is 0.756. The van der Waals surface area contributed by atoms with Crippen molar-refractivity contribution in [3.63, 3.8) is 0 Å². The molecule has 0 nitrogen and oxygen atoms in total. The van der Waals surface area contributed by atoms with Crippen molar-refractivity contribution in [3.8, 4) is 0 Å². The van der Waals surface area contributed by atoms with Crippen molar-refractivity contribution in [2.24, 2.45) is 5.92 Å². The van der Waals surface area contributed by atoms with E-state index < -0.39 is 0 Å². The molecule has 0 rings (SSSR count). The molecule has 0 spiro atoms. The van der Waals surface area contributed by atoms with Crippen LogP contribution in [0.15, 0.2) is 24.8 Å². The highest BCUT2D eigenvalue weighted by Crippen LogP contribution is 2.15. The summed E-state index contributed by atoms with van der Waals surface area (Å²) in [5.41, 5.74) is 0. The van der Waals surface area contributed by atoms with Crippen molar-refractivity contribution in [1.82, 2.24) is 0 Å². The molecule has 148 valence electrons. The fraction of sp³-hybridized carbons (Fsp3) is 0.840. The second-order valence-corrected chi connectivity index (χ2v) is 8.01. The number of rotatable bonds is 20. The number of allylic oxidation sites excluding steroid dienone is 3. The first-order chi connectivity index (χ1) is 12.3. The summed E-state index contributed by atoms with van der Waals surface area (Å²) in [7, 11) is 0. The van der Waals surface area contributed by atoms with E-state index in [1.807, 2.05) is 6.08 Å². The van der Waals surface area contributed by atoms with Crippen LogP contribution >= 0.6 is 0 Å². The summed E-state index contributed by atoms with van der Waals surface area (Å²) in [6.07, 6.45) is 32.2. The molecule has 0 aliphatic rings. The highest BCUT2D eigenvalue weighted by molar-refractivity contribution is 4.88. The lowest BCUT2D eigenvalue weighted by Crippen LogP contribution is -1.90. The molecular formula is C25H48. The van der Waals surface area contributed by atoms with Gasteiger partial charge in [0, 0.05) is 0 Å². The lowest BCUT2D eigenvalue weighted by atomic mass is 10.0. The molecule has 0 aliphatic heterocycles. The third-order valence-corrected chi connectivity index (χ3v) is 5.27. The SMILES string of the molecule is C=CCCC=CC(C)CCCCCCCCCCCCCCCCC. The first-order valence-corrected chi connectivity index (χ1v) is 11.6. The van der Waals surface area contributed by atoms with Gasteiger partial charge in [0.1, 0.15) is 0 Å². The Hall–Kier alpha value is -0.520. The van der Waals surface area contributed by atoms with E-state index >= 15 is 0 Å². The molecule has 0 heteroatoms. The summed E-state index contributed by atoms with van der Waals surface area (Å²) in [5, 5.41) is 0. The molecule has 0 radical (unpaired) electrons. The average Bonchev–Trinajstić information content (AvgIpc) is 2.62. The summed E-state index contributed by atoms with van der Waals surface area (Å²) in [6.45, 7) is 8.42. The van der Waals surface area contributed by atoms with Crippen LogP contribution in [0.1, 0.15) is 129 Å². The van der Waals surface area contributed by atoms with Crippen LogP contribution in [-0.4, -0.2) is 0 Å². The molecule has 25 heavy (non-hydrogen) atoms. The second-order valence-electron chi connectivity index (χ2n) is 8.01. The summed E-state index contributed by atoms with van der Waals surface area (Å²) in [5.74, 6) is 0.756. The number of hydrogen-bond donors (Lipinski definition) is 0. The molecule has 1 atom stereocenters. The van der Waals surface area contributed by atoms with Gasteiger partial charge in [-0.05, 0) is 25.2 Å². The predicted molar refractivity (Wildman–Crippen MR) is 117 cm³/mol. The highest BCUT2D eigenvalue weighted by atomic mass is 14.0. The van der Waals surface area contributed by atoms with Gasteiger partial charge in [-0.1, -0.05) is 128 Å². The van der Waals surface area contributed by atoms with E-state index in [4.69, 9.17) is 0 Å². The zero-order valence-corrected chi connectivity index (χ0v) is 17.7. The van der Waals surface area contributed by atoms with Crippen LogP contribution in [0.5, 0.6) is 0 Å². The summed E-state index contributed by atoms with van der Waals surface area (Å²) < 4.78 is 0. The van der Waals surface area contributed by atoms with Crippen molar-refractivity contribution >= 4 is 0 Å². The highest BCUT2D eigenvalue weighted by Gasteiger charge is 1.98. The maximum atomic E-state index is 3.77. The van der Waals surface area contributed by atoms with Crippen LogP contribution in [0.2, 0.25) is 0 Å². The summed E-state index contributed by atoms with van der Waals surface area (Å²) in [6, 6.07) is 0. The lowest BCUT2D eigenvalue weighted by molar-refractivity contribution is 0.517. The Kier molecular flexibility index (Phi) is 21.1. The van der Waals surface area contributed by atoms with Gasteiger partial charge < -0.3 is 0 Å². The molecule has 0 heterocycles. The molecule has 0 N–H and O–H groups in total. The van der Waals surface area contributed by atoms with E-state index in [2.05, 4.69) is 32.6 Å². The van der Waals surface area contributed by atoms with E-state index in [9.17, 15) is 0 Å². The van der Waals surface area contributed by atoms with Crippen LogP contribution < -0.4 is 0 Å². The standard InChI is InChI=1S/C25H48/c1-4-6-8-10-11-12-13-14-15-16-17-18-19-20-22-24-25(3)23-21-9-7-5-2/h5,21,23,25H,2,4,6-20,22,24H2,1,3H3. The van der Waals surface area contributed by atoms with Gasteiger partial charge >= 0.3 is 0 Å². The molecule has 0 aromatic carbocycles. The fourth-order valence-electron chi connectivity index (χ4n) is 3.48. The molecule has 0 aromatic rings. The lowest BCUT2D eigenvalue weighted by Gasteiger charge is -2.06. The smallest absolute Gasteiger partial charge is 0.0262 e. The summed E-state index contributed by atoms with van der Waals surface area (Å²) in [4.78, 5) is 0. The van der Waals surface area contributed by atoms with Gasteiger partial charge in [0.05, 0.1) is 0 Å². The Morgan fingerprint density at radius 2 is 1.08 bits per heavy atom. The zero-order valence-electron chi connectivity index (χ0n) is 17.7. The van der Waals surface area contributed by atoms with Crippen LogP contribution in [0.25, 0.3) is 0 Å². The molecule has 0 saturated carbocycles. The third-order valence-electron chi connectivity index (χ3n) is 5.27. The Bertz CT molecular complexity index is 276. The van der Waals surface area contributed by atoms with Gasteiger partial charge in [-0.3, -0.25) is 0 Å². The maximum Gasteiger partial charge on any atom is -0.0262 e. The van der Waals surface area contributed by atoms with E-state index in [1.165, 1.54) is 103 Å². The van der Waals surface area contributed by atoms with Crippen molar-refractivity contribution in [3.05, 3.63) is 24.8 Å². The fourth-order valence-corrected chi connectivity index (χ4v) is 3.48. The van der Waals surface area contributed by atoms with Gasteiger partial charge in [-0.15, -0.1) is 6.58 Å². The topological polar surface area (TPSA) is 0 Å². The Labute approximate surface area is 160 Å². The number of hydrogen-bond acceptors (Lipinski definition) is 0. The van der Waals surface area contributed by atoms with Gasteiger partial charge in [-0.25, -0.2) is 0 Å². The minimum absolute atomic E-state index is 0.756. The van der Waals surface area contributed by atoms with Crippen molar-refractivity contribution in [1.29, 1.82) is 0 Å². The number of unbranched alkanes of at least 4 members (excludes halogenated alkanes) is 15. The monoisotopic (exact) mass is 348 g/mol. The van der Waals surface area contributed by atoms with Gasteiger partial charge in [-0.2, -0.15) is 0 Å². The largest absolute Gasteiger partial charge is 0.103 e. The molecule has 0 aliphatic carbocycles. The first-order valence-electron chi connectivity index (χ1n) is 11.6. The van der Waals surface area contributed by atoms with E-state index in [0.717, 1.165) is 18.8 Å². The van der Waals surface area contributed by atoms with Crippen molar-refractivity contribution in [2.75, 3.05) is 0 Å². The van der Waals surface area contributed by atoms with Crippen LogP contribution in [0.3, 0.4) is 0 Å². The Balaban J connectivity index is 3.13. The molecule has 0 fully saturated rings. The second kappa shape index (κ2) is 21.5. The molecule has 0 amide bonds. The normalized spacial score (nSPS) is 12.7. The molecular weight excluding hydrogens is 300 g/mol. The first kappa shape index (κ1) is 24.5. The van der Waals surface area contributed by atoms with Gasteiger partial charge in [0.15, 0.2) is 0 Å². The molecule has 0 saturated heterocycles. The molecule has 0 aromatic heterocycles. The third kappa shape index (κ3) is 21.4.